The topological polar surface area (TPSA) is 32.8 Å². The molecule has 0 saturated carbocycles. The van der Waals surface area contributed by atoms with Crippen LogP contribution in [0, 0.1) is 0 Å². The highest BCUT2D eigenvalue weighted by molar-refractivity contribution is 5.82. The van der Waals surface area contributed by atoms with Crippen LogP contribution in [0.1, 0.15) is 44.8 Å². The van der Waals surface area contributed by atoms with Crippen molar-refractivity contribution in [1.29, 1.82) is 0 Å². The average molecular weight is 495 g/mol. The Morgan fingerprint density at radius 1 is 0.784 bits per heavy atom. The van der Waals surface area contributed by atoms with Crippen LogP contribution in [0.2, 0.25) is 0 Å². The largest absolute Gasteiger partial charge is 0.464 e. The average Bonchev–Trinajstić information content (AvgIpc) is 3.67. The molecule has 2 heterocycles. The van der Waals surface area contributed by atoms with Gasteiger partial charge >= 0.3 is 0 Å². The molecule has 0 fully saturated rings. The van der Waals surface area contributed by atoms with Gasteiger partial charge in [-0.25, -0.2) is 0 Å². The Hall–Kier alpha value is -3.76. The fraction of sp³-hybridized carbons (Fsp3) is 0.273. The molecular weight excluding hydrogens is 456 g/mol. The fourth-order valence-corrected chi connectivity index (χ4v) is 4.78. The lowest BCUT2D eigenvalue weighted by Crippen LogP contribution is -2.32. The Morgan fingerprint density at radius 3 is 1.95 bits per heavy atom. The van der Waals surface area contributed by atoms with Crippen molar-refractivity contribution in [2.45, 2.75) is 33.7 Å². The molecule has 3 aromatic rings. The molecule has 0 aliphatic heterocycles. The second kappa shape index (κ2) is 13.0. The lowest BCUT2D eigenvalue weighted by Gasteiger charge is -2.26. The Bertz CT molecular complexity index is 1230. The summed E-state index contributed by atoms with van der Waals surface area (Å²) >= 11 is 0. The summed E-state index contributed by atoms with van der Waals surface area (Å²) < 4.78 is 11.6. The van der Waals surface area contributed by atoms with Gasteiger partial charge in [-0.2, -0.15) is 0 Å². The summed E-state index contributed by atoms with van der Waals surface area (Å²) in [5.41, 5.74) is 5.55. The number of benzene rings is 1. The molecule has 1 aliphatic carbocycles. The van der Waals surface area contributed by atoms with Crippen molar-refractivity contribution in [1.82, 2.24) is 4.90 Å². The molecule has 192 valence electrons. The van der Waals surface area contributed by atoms with E-state index in [1.165, 1.54) is 5.69 Å². The van der Waals surface area contributed by atoms with Gasteiger partial charge in [-0.3, -0.25) is 4.90 Å². The molecule has 4 nitrogen and oxygen atoms in total. The molecule has 37 heavy (non-hydrogen) atoms. The standard InChI is InChI=1S/C33H38N2O2/c1-5-34(6-2)28-20-16-26(17-21-28)30(32-14-10-24-36-32)12-9-13-31(33-15-11-25-37-33)27-18-22-29(23-19-27)35(7-3)8-4/h9-25,28H,5-8H2,1-4H3/b12-9+,30-26?,31-13-. The molecule has 4 heteroatoms. The zero-order valence-corrected chi connectivity index (χ0v) is 22.4. The molecule has 0 atom stereocenters. The van der Waals surface area contributed by atoms with Gasteiger partial charge in [0.05, 0.1) is 12.5 Å². The number of allylic oxidation sites excluding steroid dienone is 7. The van der Waals surface area contributed by atoms with Gasteiger partial charge in [-0.1, -0.05) is 68.5 Å². The molecular formula is C33H38N2O2. The Balaban J connectivity index is 1.67. The maximum Gasteiger partial charge on any atom is 0.134 e. The molecule has 1 aromatic carbocycles. The van der Waals surface area contributed by atoms with Crippen LogP contribution in [0.3, 0.4) is 0 Å². The van der Waals surface area contributed by atoms with E-state index in [0.717, 1.165) is 60.0 Å². The minimum Gasteiger partial charge on any atom is -0.464 e. The summed E-state index contributed by atoms with van der Waals surface area (Å²) in [6.45, 7) is 12.8. The van der Waals surface area contributed by atoms with Gasteiger partial charge in [0.2, 0.25) is 0 Å². The quantitative estimate of drug-likeness (QED) is 0.253. The monoisotopic (exact) mass is 494 g/mol. The Labute approximate surface area is 221 Å². The van der Waals surface area contributed by atoms with E-state index < -0.39 is 0 Å². The van der Waals surface area contributed by atoms with Crippen molar-refractivity contribution in [3.05, 3.63) is 126 Å². The minimum atomic E-state index is 0.324. The van der Waals surface area contributed by atoms with Gasteiger partial charge in [0.25, 0.3) is 0 Å². The van der Waals surface area contributed by atoms with Crippen molar-refractivity contribution in [3.63, 3.8) is 0 Å². The first-order chi connectivity index (χ1) is 18.2. The van der Waals surface area contributed by atoms with Crippen LogP contribution in [0.4, 0.5) is 5.69 Å². The summed E-state index contributed by atoms with van der Waals surface area (Å²) in [7, 11) is 0. The van der Waals surface area contributed by atoms with E-state index in [4.69, 9.17) is 8.83 Å². The predicted molar refractivity (Wildman–Crippen MR) is 156 cm³/mol. The van der Waals surface area contributed by atoms with Crippen molar-refractivity contribution in [3.8, 4) is 0 Å². The summed E-state index contributed by atoms with van der Waals surface area (Å²) in [5, 5.41) is 0. The summed E-state index contributed by atoms with van der Waals surface area (Å²) in [5.74, 6) is 1.69. The number of furan rings is 2. The molecule has 0 spiro atoms. The lowest BCUT2D eigenvalue weighted by atomic mass is 9.97. The van der Waals surface area contributed by atoms with Crippen molar-refractivity contribution >= 4 is 16.8 Å². The highest BCUT2D eigenvalue weighted by atomic mass is 16.3. The summed E-state index contributed by atoms with van der Waals surface area (Å²) in [4.78, 5) is 4.77. The molecule has 1 aliphatic rings. The summed E-state index contributed by atoms with van der Waals surface area (Å²) in [6, 6.07) is 16.9. The first-order valence-corrected chi connectivity index (χ1v) is 13.3. The minimum absolute atomic E-state index is 0.324. The Morgan fingerprint density at radius 2 is 1.41 bits per heavy atom. The van der Waals surface area contributed by atoms with E-state index in [-0.39, 0.29) is 0 Å². The van der Waals surface area contributed by atoms with E-state index in [1.54, 1.807) is 12.5 Å². The van der Waals surface area contributed by atoms with Gasteiger partial charge < -0.3 is 13.7 Å². The maximum atomic E-state index is 5.81. The van der Waals surface area contributed by atoms with Gasteiger partial charge in [-0.05, 0) is 74.5 Å². The van der Waals surface area contributed by atoms with Crippen molar-refractivity contribution < 1.29 is 8.83 Å². The zero-order chi connectivity index (χ0) is 26.0. The first kappa shape index (κ1) is 26.3. The number of hydrogen-bond acceptors (Lipinski definition) is 4. The van der Waals surface area contributed by atoms with Crippen molar-refractivity contribution in [2.24, 2.45) is 0 Å². The smallest absolute Gasteiger partial charge is 0.134 e. The number of hydrogen-bond donors (Lipinski definition) is 0. The first-order valence-electron chi connectivity index (χ1n) is 13.3. The second-order valence-electron chi connectivity index (χ2n) is 8.91. The van der Waals surface area contributed by atoms with Gasteiger partial charge in [-0.15, -0.1) is 0 Å². The highest BCUT2D eigenvalue weighted by Gasteiger charge is 2.14. The van der Waals surface area contributed by atoms with Crippen LogP contribution in [0.25, 0.3) is 11.1 Å². The molecule has 0 bridgehead atoms. The Kier molecular flexibility index (Phi) is 9.23. The molecule has 4 rings (SSSR count). The SMILES string of the molecule is CCN(CC)c1ccc(/C(=C/C=C/C(=C2C=CC(N(CC)CC)C=C2)c2ccco2)c2ccco2)cc1. The van der Waals surface area contributed by atoms with Crippen LogP contribution < -0.4 is 4.90 Å². The second-order valence-corrected chi connectivity index (χ2v) is 8.91. The fourth-order valence-electron chi connectivity index (χ4n) is 4.78. The number of rotatable bonds is 11. The van der Waals surface area contributed by atoms with Gasteiger partial charge in [0, 0.05) is 36.0 Å². The molecule has 0 unspecified atom stereocenters. The van der Waals surface area contributed by atoms with Crippen LogP contribution in [-0.2, 0) is 0 Å². The van der Waals surface area contributed by atoms with Crippen LogP contribution in [0.15, 0.2) is 118 Å². The molecule has 0 saturated heterocycles. The van der Waals surface area contributed by atoms with E-state index in [1.807, 2.05) is 24.3 Å². The normalized spacial score (nSPS) is 15.8. The third-order valence-electron chi connectivity index (χ3n) is 6.90. The maximum absolute atomic E-state index is 5.81. The third-order valence-corrected chi connectivity index (χ3v) is 6.90. The van der Waals surface area contributed by atoms with E-state index in [9.17, 15) is 0 Å². The number of likely N-dealkylation sites (N-methyl/N-ethyl adjacent to an activating group) is 1. The van der Waals surface area contributed by atoms with E-state index >= 15 is 0 Å². The van der Waals surface area contributed by atoms with Crippen LogP contribution in [0.5, 0.6) is 0 Å². The van der Waals surface area contributed by atoms with Crippen LogP contribution in [-0.4, -0.2) is 37.1 Å². The van der Waals surface area contributed by atoms with Gasteiger partial charge in [0.15, 0.2) is 0 Å². The summed E-state index contributed by atoms with van der Waals surface area (Å²) in [6.07, 6.45) is 18.7. The van der Waals surface area contributed by atoms with E-state index in [2.05, 4.69) is 104 Å². The van der Waals surface area contributed by atoms with Crippen molar-refractivity contribution in [2.75, 3.05) is 31.1 Å². The predicted octanol–water partition coefficient (Wildman–Crippen LogP) is 8.00. The van der Waals surface area contributed by atoms with Gasteiger partial charge in [0.1, 0.15) is 11.5 Å². The molecule has 2 aromatic heterocycles. The molecule has 0 amide bonds. The highest BCUT2D eigenvalue weighted by Crippen LogP contribution is 2.29. The number of anilines is 1. The number of nitrogens with zero attached hydrogens (tertiary/aromatic N) is 2. The third kappa shape index (κ3) is 6.33. The molecule has 0 N–H and O–H groups in total. The van der Waals surface area contributed by atoms with E-state index in [0.29, 0.717) is 6.04 Å². The van der Waals surface area contributed by atoms with Crippen LogP contribution >= 0.6 is 0 Å². The molecule has 0 radical (unpaired) electrons. The zero-order valence-electron chi connectivity index (χ0n) is 22.4. The lowest BCUT2D eigenvalue weighted by molar-refractivity contribution is 0.287.